The second-order valence-corrected chi connectivity index (χ2v) is 22.4. The first kappa shape index (κ1) is 54.2. The highest BCUT2D eigenvalue weighted by atomic mass is 35.5. The third kappa shape index (κ3) is 10.6. The van der Waals surface area contributed by atoms with Crippen LogP contribution in [0.3, 0.4) is 0 Å². The molecule has 0 aliphatic heterocycles. The van der Waals surface area contributed by atoms with E-state index in [0.717, 1.165) is 173 Å². The van der Waals surface area contributed by atoms with Crippen LogP contribution in [0.25, 0.3) is 44.5 Å². The Bertz CT molecular complexity index is 2330. The molecule has 0 fully saturated rings. The molecule has 2 aliphatic rings. The van der Waals surface area contributed by atoms with Crippen LogP contribution in [0, 0.1) is 46.9 Å². The maximum atomic E-state index is 17.3. The van der Waals surface area contributed by atoms with E-state index >= 15 is 17.6 Å². The molecule has 5 aromatic carbocycles. The highest BCUT2D eigenvalue weighted by Crippen LogP contribution is 2.60. The molecule has 2 aliphatic carbocycles. The Labute approximate surface area is 429 Å². The first-order chi connectivity index (χ1) is 33.8. The van der Waals surface area contributed by atoms with Crippen LogP contribution in [0.2, 0.25) is 10.0 Å². The maximum Gasteiger partial charge on any atom is 0.170 e. The SMILES string of the molecule is CCCCC(CC)CC1(CC(CC)CCCC)c2cc(Cl)ccc2-c2ccc(-c3c(F)c(F)c(-c4ccc5c(c4)C(CC(CC)CCCC)(CC(CC)CCCC)c4cc(Cl)ccc4-5)c(F)c3F)cc21. The van der Waals surface area contributed by atoms with Crippen molar-refractivity contribution < 1.29 is 17.6 Å². The molecule has 70 heavy (non-hydrogen) atoms. The van der Waals surface area contributed by atoms with Crippen molar-refractivity contribution in [3.8, 4) is 44.5 Å². The largest absolute Gasteiger partial charge is 0.203 e. The molecule has 378 valence electrons. The summed E-state index contributed by atoms with van der Waals surface area (Å²) in [7, 11) is 0. The summed E-state index contributed by atoms with van der Waals surface area (Å²) in [6.45, 7) is 17.9. The van der Waals surface area contributed by atoms with Crippen LogP contribution in [0.1, 0.15) is 206 Å². The standard InChI is InChI=1S/C64H80Cl2F4/c1-9-17-21-41(13-5)37-63(38-42(14-6)22-18-10-2)53-33-45(25-29-49(53)51-31-27-47(65)35-55(51)63)57-59(67)61(69)58(62(70)60(57)68)46-26-30-50-52-32-28-48(66)36-56(52)64(54(50)34-46,39-43(15-7)23-19-11-3)40-44(16-8)24-20-12-4/h25-36,41-44H,9-24,37-40H2,1-8H3. The van der Waals surface area contributed by atoms with Crippen LogP contribution in [-0.2, 0) is 10.8 Å². The Kier molecular flexibility index (Phi) is 18.5. The van der Waals surface area contributed by atoms with E-state index in [1.54, 1.807) is 12.1 Å². The zero-order valence-electron chi connectivity index (χ0n) is 43.6. The third-order valence-corrected chi connectivity index (χ3v) is 17.7. The normalized spacial score (nSPS) is 18.6. The fraction of sp³-hybridized carbons (Fsp3) is 0.531. The molecule has 4 atom stereocenters. The minimum atomic E-state index is -1.38. The quantitative estimate of drug-likeness (QED) is 0.0383. The van der Waals surface area contributed by atoms with Gasteiger partial charge in [-0.1, -0.05) is 218 Å². The average molecular weight is 996 g/mol. The van der Waals surface area contributed by atoms with Gasteiger partial charge in [-0.2, -0.15) is 0 Å². The number of hydrogen-bond donors (Lipinski definition) is 0. The van der Waals surface area contributed by atoms with Crippen LogP contribution < -0.4 is 0 Å². The van der Waals surface area contributed by atoms with Crippen molar-refractivity contribution in [3.63, 3.8) is 0 Å². The van der Waals surface area contributed by atoms with Gasteiger partial charge in [0.25, 0.3) is 0 Å². The number of hydrogen-bond acceptors (Lipinski definition) is 0. The van der Waals surface area contributed by atoms with Crippen molar-refractivity contribution in [2.45, 2.75) is 195 Å². The molecule has 0 spiro atoms. The Morgan fingerprint density at radius 1 is 0.371 bits per heavy atom. The summed E-state index contributed by atoms with van der Waals surface area (Å²) in [5.74, 6) is -3.90. The fourth-order valence-electron chi connectivity index (χ4n) is 13.2. The van der Waals surface area contributed by atoms with Gasteiger partial charge in [0.1, 0.15) is 0 Å². The molecule has 0 radical (unpaired) electrons. The zero-order valence-corrected chi connectivity index (χ0v) is 45.2. The Morgan fingerprint density at radius 2 is 0.629 bits per heavy atom. The van der Waals surface area contributed by atoms with E-state index in [0.29, 0.717) is 33.7 Å². The third-order valence-electron chi connectivity index (χ3n) is 17.2. The smallest absolute Gasteiger partial charge is 0.170 e. The van der Waals surface area contributed by atoms with Gasteiger partial charge in [0.05, 0.1) is 11.1 Å². The number of rotatable bonds is 26. The van der Waals surface area contributed by atoms with Gasteiger partial charge in [0, 0.05) is 20.9 Å². The minimum Gasteiger partial charge on any atom is -0.203 e. The summed E-state index contributed by atoms with van der Waals surface area (Å²) in [5.41, 5.74) is 6.30. The molecule has 0 aromatic heterocycles. The molecule has 0 heterocycles. The monoisotopic (exact) mass is 995 g/mol. The molecule has 0 saturated carbocycles. The van der Waals surface area contributed by atoms with Gasteiger partial charge in [-0.25, -0.2) is 17.6 Å². The summed E-state index contributed by atoms with van der Waals surface area (Å²) >= 11 is 13.7. The van der Waals surface area contributed by atoms with Crippen LogP contribution in [0.5, 0.6) is 0 Å². The highest BCUT2D eigenvalue weighted by Gasteiger charge is 2.48. The van der Waals surface area contributed by atoms with Crippen molar-refractivity contribution in [1.29, 1.82) is 0 Å². The molecule has 0 saturated heterocycles. The number of halogens is 6. The lowest BCUT2D eigenvalue weighted by atomic mass is 9.65. The first-order valence-electron chi connectivity index (χ1n) is 27.6. The molecule has 7 rings (SSSR count). The van der Waals surface area contributed by atoms with E-state index in [4.69, 9.17) is 23.2 Å². The van der Waals surface area contributed by atoms with Gasteiger partial charge in [-0.3, -0.25) is 0 Å². The van der Waals surface area contributed by atoms with E-state index in [9.17, 15) is 0 Å². The first-order valence-corrected chi connectivity index (χ1v) is 28.3. The van der Waals surface area contributed by atoms with Crippen molar-refractivity contribution in [1.82, 2.24) is 0 Å². The zero-order chi connectivity index (χ0) is 50.3. The number of unbranched alkanes of at least 4 members (excludes halogenated alkanes) is 4. The lowest BCUT2D eigenvalue weighted by molar-refractivity contribution is 0.266. The van der Waals surface area contributed by atoms with Gasteiger partial charge >= 0.3 is 0 Å². The number of benzene rings is 5. The van der Waals surface area contributed by atoms with E-state index in [1.165, 1.54) is 0 Å². The van der Waals surface area contributed by atoms with Gasteiger partial charge in [-0.05, 0) is 141 Å². The number of fused-ring (bicyclic) bond motifs is 6. The van der Waals surface area contributed by atoms with Gasteiger partial charge < -0.3 is 0 Å². The minimum absolute atomic E-state index is 0.139. The summed E-state index contributed by atoms with van der Waals surface area (Å²) < 4.78 is 69.1. The molecular weight excluding hydrogens is 916 g/mol. The fourth-order valence-corrected chi connectivity index (χ4v) is 13.5. The van der Waals surface area contributed by atoms with Crippen molar-refractivity contribution in [3.05, 3.63) is 128 Å². The van der Waals surface area contributed by atoms with E-state index in [-0.39, 0.29) is 11.1 Å². The molecule has 0 nitrogen and oxygen atoms in total. The molecule has 5 aromatic rings. The summed E-state index contributed by atoms with van der Waals surface area (Å²) in [5, 5.41) is 1.30. The van der Waals surface area contributed by atoms with Gasteiger partial charge in [0.2, 0.25) is 0 Å². The topological polar surface area (TPSA) is 0 Å². The van der Waals surface area contributed by atoms with Gasteiger partial charge in [-0.15, -0.1) is 0 Å². The Hall–Kier alpha value is -3.60. The lowest BCUT2D eigenvalue weighted by Gasteiger charge is -2.39. The van der Waals surface area contributed by atoms with Crippen LogP contribution in [-0.4, -0.2) is 0 Å². The predicted octanol–water partition coefficient (Wildman–Crippen LogP) is 21.8. The summed E-state index contributed by atoms with van der Waals surface area (Å²) in [6, 6.07) is 23.0. The summed E-state index contributed by atoms with van der Waals surface area (Å²) in [6.07, 6.45) is 20.5. The van der Waals surface area contributed by atoms with Crippen molar-refractivity contribution in [2.75, 3.05) is 0 Å². The molecule has 6 heteroatoms. The van der Waals surface area contributed by atoms with Crippen LogP contribution in [0.4, 0.5) is 17.6 Å². The van der Waals surface area contributed by atoms with Crippen molar-refractivity contribution in [2.24, 2.45) is 23.7 Å². The van der Waals surface area contributed by atoms with Gasteiger partial charge in [0.15, 0.2) is 23.3 Å². The summed E-state index contributed by atoms with van der Waals surface area (Å²) in [4.78, 5) is 0. The predicted molar refractivity (Wildman–Crippen MR) is 291 cm³/mol. The second-order valence-electron chi connectivity index (χ2n) is 21.6. The van der Waals surface area contributed by atoms with E-state index in [1.807, 2.05) is 36.4 Å². The van der Waals surface area contributed by atoms with E-state index < -0.39 is 45.2 Å². The Morgan fingerprint density at radius 3 is 0.886 bits per heavy atom. The maximum absolute atomic E-state index is 17.3. The molecular formula is C64H80Cl2F4. The second kappa shape index (κ2) is 24.0. The van der Waals surface area contributed by atoms with Crippen LogP contribution in [0.15, 0.2) is 72.8 Å². The lowest BCUT2D eigenvalue weighted by Crippen LogP contribution is -2.31. The molecule has 0 amide bonds. The molecule has 0 bridgehead atoms. The Balaban J connectivity index is 1.41. The average Bonchev–Trinajstić information content (AvgIpc) is 3.77. The van der Waals surface area contributed by atoms with Crippen LogP contribution >= 0.6 is 23.2 Å². The van der Waals surface area contributed by atoms with E-state index in [2.05, 4.69) is 79.7 Å². The molecule has 4 unspecified atom stereocenters. The highest BCUT2D eigenvalue weighted by molar-refractivity contribution is 6.31. The molecule has 0 N–H and O–H groups in total. The van der Waals surface area contributed by atoms with Crippen molar-refractivity contribution >= 4 is 23.2 Å².